The Morgan fingerprint density at radius 2 is 1.52 bits per heavy atom. The first-order valence-corrected chi connectivity index (χ1v) is 10.6. The Morgan fingerprint density at radius 3 is 2.17 bits per heavy atom. The molecule has 0 atom stereocenters. The lowest BCUT2D eigenvalue weighted by Gasteiger charge is -2.30. The van der Waals surface area contributed by atoms with Crippen molar-refractivity contribution >= 4 is 17.5 Å². The van der Waals surface area contributed by atoms with Gasteiger partial charge in [-0.15, -0.1) is 0 Å². The summed E-state index contributed by atoms with van der Waals surface area (Å²) in [5.74, 6) is 0.647. The van der Waals surface area contributed by atoms with E-state index >= 15 is 0 Å². The third-order valence-corrected chi connectivity index (χ3v) is 5.93. The molecule has 2 amide bonds. The van der Waals surface area contributed by atoms with Crippen molar-refractivity contribution in [2.45, 2.75) is 52.0 Å². The topological polar surface area (TPSA) is 49.4 Å². The second-order valence-electron chi connectivity index (χ2n) is 8.46. The van der Waals surface area contributed by atoms with Crippen molar-refractivity contribution in [3.05, 3.63) is 65.7 Å². The first-order chi connectivity index (χ1) is 14.0. The molecule has 154 valence electrons. The van der Waals surface area contributed by atoms with E-state index in [9.17, 15) is 9.59 Å². The van der Waals surface area contributed by atoms with Crippen molar-refractivity contribution in [2.24, 2.45) is 11.8 Å². The van der Waals surface area contributed by atoms with Gasteiger partial charge in [0.2, 0.25) is 11.8 Å². The van der Waals surface area contributed by atoms with Crippen molar-refractivity contribution < 1.29 is 9.59 Å². The van der Waals surface area contributed by atoms with Crippen LogP contribution in [0.15, 0.2) is 54.6 Å². The van der Waals surface area contributed by atoms with Crippen LogP contribution in [0.25, 0.3) is 0 Å². The number of hydrogen-bond donors (Lipinski definition) is 1. The smallest absolute Gasteiger partial charge is 0.227 e. The van der Waals surface area contributed by atoms with Gasteiger partial charge in [-0.2, -0.15) is 0 Å². The number of amides is 2. The van der Waals surface area contributed by atoms with E-state index in [1.54, 1.807) is 0 Å². The molecule has 1 fully saturated rings. The van der Waals surface area contributed by atoms with Crippen molar-refractivity contribution in [3.63, 3.8) is 0 Å². The molecule has 4 heteroatoms. The molecule has 0 saturated heterocycles. The van der Waals surface area contributed by atoms with Crippen LogP contribution < -0.4 is 5.32 Å². The third-order valence-electron chi connectivity index (χ3n) is 5.93. The Bertz CT molecular complexity index is 824. The molecule has 29 heavy (non-hydrogen) atoms. The Hall–Kier alpha value is -2.62. The van der Waals surface area contributed by atoms with E-state index in [4.69, 9.17) is 0 Å². The zero-order valence-corrected chi connectivity index (χ0v) is 17.7. The predicted molar refractivity (Wildman–Crippen MR) is 118 cm³/mol. The van der Waals surface area contributed by atoms with Gasteiger partial charge in [0.1, 0.15) is 0 Å². The molecule has 1 saturated carbocycles. The maximum absolute atomic E-state index is 12.8. The average molecular weight is 393 g/mol. The third kappa shape index (κ3) is 5.47. The van der Waals surface area contributed by atoms with Crippen LogP contribution in [0.4, 0.5) is 5.69 Å². The van der Waals surface area contributed by atoms with Crippen LogP contribution in [0.2, 0.25) is 0 Å². The highest BCUT2D eigenvalue weighted by molar-refractivity contribution is 5.93. The molecule has 1 aliphatic carbocycles. The van der Waals surface area contributed by atoms with Gasteiger partial charge in [0.25, 0.3) is 0 Å². The van der Waals surface area contributed by atoms with Crippen LogP contribution in [0.3, 0.4) is 0 Å². The van der Waals surface area contributed by atoms with Crippen molar-refractivity contribution in [2.75, 3.05) is 12.4 Å². The van der Waals surface area contributed by atoms with E-state index in [-0.39, 0.29) is 23.7 Å². The Balaban J connectivity index is 1.52. The Kier molecular flexibility index (Phi) is 7.08. The number of carbonyl (C=O) groups excluding carboxylic acids is 2. The molecule has 0 spiro atoms. The lowest BCUT2D eigenvalue weighted by Crippen LogP contribution is -2.36. The van der Waals surface area contributed by atoms with E-state index in [0.717, 1.165) is 42.5 Å². The van der Waals surface area contributed by atoms with Gasteiger partial charge in [-0.05, 0) is 48.8 Å². The van der Waals surface area contributed by atoms with E-state index in [0.29, 0.717) is 12.5 Å². The number of hydrogen-bond acceptors (Lipinski definition) is 2. The predicted octanol–water partition coefficient (Wildman–Crippen LogP) is 5.21. The maximum atomic E-state index is 12.8. The molecule has 2 aromatic rings. The highest BCUT2D eigenvalue weighted by atomic mass is 16.2. The summed E-state index contributed by atoms with van der Waals surface area (Å²) in [6, 6.07) is 18.1. The SMILES string of the molecule is CC(C)c1ccccc1NC(=O)C1CCC(C(=O)N(C)Cc2ccccc2)CC1. The molecule has 0 unspecified atom stereocenters. The fourth-order valence-corrected chi connectivity index (χ4v) is 4.20. The summed E-state index contributed by atoms with van der Waals surface area (Å²) in [6.45, 7) is 4.90. The first kappa shape index (κ1) is 21.1. The molecule has 4 nitrogen and oxygen atoms in total. The fourth-order valence-electron chi connectivity index (χ4n) is 4.20. The molecule has 1 N–H and O–H groups in total. The second kappa shape index (κ2) is 9.73. The molecular weight excluding hydrogens is 360 g/mol. The normalized spacial score (nSPS) is 19.0. The lowest BCUT2D eigenvalue weighted by molar-refractivity contribution is -0.137. The van der Waals surface area contributed by atoms with Crippen molar-refractivity contribution in [1.82, 2.24) is 4.90 Å². The zero-order chi connectivity index (χ0) is 20.8. The molecule has 2 aromatic carbocycles. The van der Waals surface area contributed by atoms with Gasteiger partial charge in [0.15, 0.2) is 0 Å². The minimum absolute atomic E-state index is 0.0151. The Labute approximate surface area is 174 Å². The molecule has 0 bridgehead atoms. The van der Waals surface area contributed by atoms with E-state index in [1.165, 1.54) is 0 Å². The minimum Gasteiger partial charge on any atom is -0.341 e. The average Bonchev–Trinajstić information content (AvgIpc) is 2.74. The van der Waals surface area contributed by atoms with Gasteiger partial charge >= 0.3 is 0 Å². The van der Waals surface area contributed by atoms with Crippen molar-refractivity contribution in [1.29, 1.82) is 0 Å². The van der Waals surface area contributed by atoms with Crippen LogP contribution >= 0.6 is 0 Å². The van der Waals surface area contributed by atoms with Gasteiger partial charge in [-0.25, -0.2) is 0 Å². The molecular formula is C25H32N2O2. The molecule has 0 radical (unpaired) electrons. The number of nitrogens with one attached hydrogen (secondary N) is 1. The molecule has 0 aromatic heterocycles. The van der Waals surface area contributed by atoms with Crippen LogP contribution in [0.1, 0.15) is 56.6 Å². The van der Waals surface area contributed by atoms with Crippen LogP contribution in [-0.2, 0) is 16.1 Å². The maximum Gasteiger partial charge on any atom is 0.227 e. The number of anilines is 1. The van der Waals surface area contributed by atoms with Crippen LogP contribution in [-0.4, -0.2) is 23.8 Å². The standard InChI is InChI=1S/C25H32N2O2/c1-18(2)22-11-7-8-12-23(22)26-24(28)20-13-15-21(16-14-20)25(29)27(3)17-19-9-5-4-6-10-19/h4-12,18,20-21H,13-17H2,1-3H3,(H,26,28). The highest BCUT2D eigenvalue weighted by Gasteiger charge is 2.31. The fraction of sp³-hybridized carbons (Fsp3) is 0.440. The van der Waals surface area contributed by atoms with Gasteiger partial charge in [0, 0.05) is 31.1 Å². The minimum atomic E-state index is -0.0151. The van der Waals surface area contributed by atoms with Gasteiger partial charge in [-0.1, -0.05) is 62.4 Å². The van der Waals surface area contributed by atoms with Crippen molar-refractivity contribution in [3.8, 4) is 0 Å². The number of rotatable bonds is 6. The monoisotopic (exact) mass is 392 g/mol. The summed E-state index contributed by atoms with van der Waals surface area (Å²) in [5, 5.41) is 3.13. The molecule has 0 heterocycles. The number of para-hydroxylation sites is 1. The number of benzene rings is 2. The summed E-state index contributed by atoms with van der Waals surface area (Å²) >= 11 is 0. The summed E-state index contributed by atoms with van der Waals surface area (Å²) in [6.07, 6.45) is 3.10. The number of carbonyl (C=O) groups is 2. The van der Waals surface area contributed by atoms with Crippen LogP contribution in [0.5, 0.6) is 0 Å². The zero-order valence-electron chi connectivity index (χ0n) is 17.7. The second-order valence-corrected chi connectivity index (χ2v) is 8.46. The molecule has 0 aliphatic heterocycles. The number of nitrogens with zero attached hydrogens (tertiary/aromatic N) is 1. The van der Waals surface area contributed by atoms with Gasteiger partial charge in [-0.3, -0.25) is 9.59 Å². The van der Waals surface area contributed by atoms with Gasteiger partial charge in [0.05, 0.1) is 0 Å². The molecule has 1 aliphatic rings. The summed E-state index contributed by atoms with van der Waals surface area (Å²) in [5.41, 5.74) is 3.21. The largest absolute Gasteiger partial charge is 0.341 e. The Morgan fingerprint density at radius 1 is 0.931 bits per heavy atom. The first-order valence-electron chi connectivity index (χ1n) is 10.6. The van der Waals surface area contributed by atoms with Crippen LogP contribution in [0, 0.1) is 11.8 Å². The lowest BCUT2D eigenvalue weighted by atomic mass is 9.80. The van der Waals surface area contributed by atoms with E-state index in [1.807, 2.05) is 60.5 Å². The van der Waals surface area contributed by atoms with E-state index in [2.05, 4.69) is 25.2 Å². The highest BCUT2D eigenvalue weighted by Crippen LogP contribution is 2.32. The summed E-state index contributed by atoms with van der Waals surface area (Å²) < 4.78 is 0. The summed E-state index contributed by atoms with van der Waals surface area (Å²) in [7, 11) is 1.87. The summed E-state index contributed by atoms with van der Waals surface area (Å²) in [4.78, 5) is 27.4. The van der Waals surface area contributed by atoms with E-state index < -0.39 is 0 Å². The van der Waals surface area contributed by atoms with Gasteiger partial charge < -0.3 is 10.2 Å². The quantitative estimate of drug-likeness (QED) is 0.733. The molecule has 3 rings (SSSR count).